The molecular weight excluding hydrogens is 612 g/mol. The molecule has 252 valence electrons. The number of aliphatic hydroxyl groups is 1. The smallest absolute Gasteiger partial charge is 0.330 e. The van der Waals surface area contributed by atoms with Crippen molar-refractivity contribution in [1.82, 2.24) is 0 Å². The molecule has 15 heteroatoms. The lowest BCUT2D eigenvalue weighted by Gasteiger charge is -2.31. The first kappa shape index (κ1) is 42.6. The van der Waals surface area contributed by atoms with Crippen molar-refractivity contribution >= 4 is 41.8 Å². The molecule has 0 aromatic heterocycles. The molecule has 0 rings (SSSR count). The standard InChI is InChI=1S/C17H20O8.C14H18O7/c1-5-13(18)22-9-17(10-23-14(19)6-2,11-24-15(20)7-3)12-25-16(21)8-4;1-4-11(16)19-8-14(7-15,9-20-12(17)5-2)10-21-13(18)6-3/h5-8H,1-4,9-12H2;4-6,15H,1-3,7-10H2. The maximum atomic E-state index is 11.3. The predicted molar refractivity (Wildman–Crippen MR) is 160 cm³/mol. The lowest BCUT2D eigenvalue weighted by Crippen LogP contribution is -2.43. The number of esters is 7. The van der Waals surface area contributed by atoms with E-state index in [4.69, 9.17) is 33.2 Å². The van der Waals surface area contributed by atoms with Crippen LogP contribution in [0.3, 0.4) is 0 Å². The van der Waals surface area contributed by atoms with E-state index in [9.17, 15) is 38.7 Å². The molecule has 0 aliphatic rings. The quantitative estimate of drug-likeness (QED) is 0.0988. The van der Waals surface area contributed by atoms with Crippen LogP contribution in [0.2, 0.25) is 0 Å². The Labute approximate surface area is 266 Å². The fourth-order valence-electron chi connectivity index (χ4n) is 2.49. The van der Waals surface area contributed by atoms with Crippen LogP contribution in [0.25, 0.3) is 0 Å². The summed E-state index contributed by atoms with van der Waals surface area (Å²) in [6.07, 6.45) is 6.50. The van der Waals surface area contributed by atoms with E-state index in [-0.39, 0.29) is 46.2 Å². The maximum Gasteiger partial charge on any atom is 0.330 e. The van der Waals surface area contributed by atoms with Crippen LogP contribution in [0.15, 0.2) is 88.6 Å². The number of carbonyl (C=O) groups excluding carboxylic acids is 7. The van der Waals surface area contributed by atoms with Crippen molar-refractivity contribution in [2.75, 3.05) is 52.9 Å². The fourth-order valence-corrected chi connectivity index (χ4v) is 2.49. The van der Waals surface area contributed by atoms with Crippen molar-refractivity contribution in [3.63, 3.8) is 0 Å². The van der Waals surface area contributed by atoms with Crippen molar-refractivity contribution in [3.05, 3.63) is 88.6 Å². The summed E-state index contributed by atoms with van der Waals surface area (Å²) >= 11 is 0. The van der Waals surface area contributed by atoms with E-state index < -0.39 is 59.2 Å². The SMILES string of the molecule is C=CC(=O)OCC(CO)(COC(=O)C=C)COC(=O)C=C.C=CC(=O)OCC(COC(=O)C=C)(COC(=O)C=C)COC(=O)C=C. The molecule has 0 aliphatic heterocycles. The van der Waals surface area contributed by atoms with Crippen LogP contribution in [0, 0.1) is 10.8 Å². The number of ether oxygens (including phenoxy) is 7. The Morgan fingerprint density at radius 1 is 0.370 bits per heavy atom. The fraction of sp³-hybridized carbons (Fsp3) is 0.323. The second-order valence-electron chi connectivity index (χ2n) is 8.84. The third-order valence-corrected chi connectivity index (χ3v) is 5.15. The lowest BCUT2D eigenvalue weighted by atomic mass is 9.92. The summed E-state index contributed by atoms with van der Waals surface area (Å²) in [6, 6.07) is 0. The van der Waals surface area contributed by atoms with Crippen LogP contribution >= 0.6 is 0 Å². The Hall–Kier alpha value is -5.57. The molecule has 0 atom stereocenters. The van der Waals surface area contributed by atoms with Crippen LogP contribution in [-0.2, 0) is 66.7 Å². The molecule has 0 fully saturated rings. The molecule has 0 radical (unpaired) electrons. The van der Waals surface area contributed by atoms with Crippen LogP contribution < -0.4 is 0 Å². The van der Waals surface area contributed by atoms with E-state index in [0.29, 0.717) is 0 Å². The maximum absolute atomic E-state index is 11.3. The van der Waals surface area contributed by atoms with Crippen molar-refractivity contribution in [2.45, 2.75) is 0 Å². The van der Waals surface area contributed by atoms with E-state index in [1.807, 2.05) is 0 Å². The molecular formula is C31H38O15. The minimum atomic E-state index is -1.34. The second kappa shape index (κ2) is 23.8. The molecule has 0 aromatic carbocycles. The van der Waals surface area contributed by atoms with Gasteiger partial charge in [0.15, 0.2) is 0 Å². The van der Waals surface area contributed by atoms with Gasteiger partial charge in [-0.05, 0) is 0 Å². The summed E-state index contributed by atoms with van der Waals surface area (Å²) in [5.74, 6) is -5.21. The first-order valence-corrected chi connectivity index (χ1v) is 12.9. The minimum Gasteiger partial charge on any atom is -0.462 e. The van der Waals surface area contributed by atoms with Gasteiger partial charge in [0, 0.05) is 42.5 Å². The molecule has 0 amide bonds. The monoisotopic (exact) mass is 650 g/mol. The minimum absolute atomic E-state index is 0.330. The Morgan fingerprint density at radius 3 is 0.652 bits per heavy atom. The van der Waals surface area contributed by atoms with Crippen LogP contribution in [-0.4, -0.2) is 99.7 Å². The zero-order valence-corrected chi connectivity index (χ0v) is 25.3. The van der Waals surface area contributed by atoms with Gasteiger partial charge in [-0.2, -0.15) is 0 Å². The Kier molecular flexibility index (Phi) is 22.1. The van der Waals surface area contributed by atoms with Gasteiger partial charge in [0.25, 0.3) is 0 Å². The highest BCUT2D eigenvalue weighted by Gasteiger charge is 2.37. The van der Waals surface area contributed by atoms with E-state index in [2.05, 4.69) is 46.1 Å². The Balaban J connectivity index is 0. The first-order valence-electron chi connectivity index (χ1n) is 12.9. The number of carbonyl (C=O) groups is 7. The molecule has 0 aliphatic carbocycles. The Bertz CT molecular complexity index is 1000. The average molecular weight is 651 g/mol. The van der Waals surface area contributed by atoms with Crippen molar-refractivity contribution in [2.24, 2.45) is 10.8 Å². The van der Waals surface area contributed by atoms with Gasteiger partial charge in [-0.1, -0.05) is 46.1 Å². The topological polar surface area (TPSA) is 204 Å². The molecule has 46 heavy (non-hydrogen) atoms. The van der Waals surface area contributed by atoms with Gasteiger partial charge in [0.2, 0.25) is 0 Å². The third-order valence-electron chi connectivity index (χ3n) is 5.15. The van der Waals surface area contributed by atoms with E-state index >= 15 is 0 Å². The predicted octanol–water partition coefficient (Wildman–Crippen LogP) is 1.04. The molecule has 0 saturated heterocycles. The number of hydrogen-bond donors (Lipinski definition) is 1. The Morgan fingerprint density at radius 2 is 0.522 bits per heavy atom. The van der Waals surface area contributed by atoms with Crippen LogP contribution in [0.5, 0.6) is 0 Å². The molecule has 0 saturated carbocycles. The van der Waals surface area contributed by atoms with E-state index in [1.165, 1.54) is 0 Å². The highest BCUT2D eigenvalue weighted by molar-refractivity contribution is 5.83. The zero-order chi connectivity index (χ0) is 35.6. The number of hydrogen-bond acceptors (Lipinski definition) is 15. The van der Waals surface area contributed by atoms with Gasteiger partial charge in [0.1, 0.15) is 51.7 Å². The second-order valence-corrected chi connectivity index (χ2v) is 8.84. The number of aliphatic hydroxyl groups excluding tert-OH is 1. The normalized spacial score (nSPS) is 10.0. The zero-order valence-electron chi connectivity index (χ0n) is 25.3. The molecule has 0 unspecified atom stereocenters. The molecule has 0 spiro atoms. The average Bonchev–Trinajstić information content (AvgIpc) is 3.09. The van der Waals surface area contributed by atoms with Gasteiger partial charge >= 0.3 is 41.8 Å². The molecule has 15 nitrogen and oxygen atoms in total. The van der Waals surface area contributed by atoms with Crippen LogP contribution in [0.1, 0.15) is 0 Å². The molecule has 0 aromatic rings. The van der Waals surface area contributed by atoms with Crippen molar-refractivity contribution in [1.29, 1.82) is 0 Å². The van der Waals surface area contributed by atoms with Crippen molar-refractivity contribution < 1.29 is 71.8 Å². The van der Waals surface area contributed by atoms with Gasteiger partial charge in [-0.3, -0.25) is 0 Å². The highest BCUT2D eigenvalue weighted by Crippen LogP contribution is 2.22. The lowest BCUT2D eigenvalue weighted by molar-refractivity contribution is -0.165. The summed E-state index contributed by atoms with van der Waals surface area (Å²) in [5.41, 5.74) is -2.62. The summed E-state index contributed by atoms with van der Waals surface area (Å²) in [7, 11) is 0. The van der Waals surface area contributed by atoms with Gasteiger partial charge in [-0.25, -0.2) is 33.6 Å². The molecule has 1 N–H and O–H groups in total. The highest BCUT2D eigenvalue weighted by atomic mass is 16.6. The van der Waals surface area contributed by atoms with Gasteiger partial charge < -0.3 is 38.3 Å². The third kappa shape index (κ3) is 18.9. The van der Waals surface area contributed by atoms with Crippen molar-refractivity contribution in [3.8, 4) is 0 Å². The molecule has 0 bridgehead atoms. The van der Waals surface area contributed by atoms with Gasteiger partial charge in [0.05, 0.1) is 12.0 Å². The first-order chi connectivity index (χ1) is 21.7. The van der Waals surface area contributed by atoms with Crippen LogP contribution in [0.4, 0.5) is 0 Å². The van der Waals surface area contributed by atoms with Gasteiger partial charge in [-0.15, -0.1) is 0 Å². The number of rotatable bonds is 22. The largest absolute Gasteiger partial charge is 0.462 e. The summed E-state index contributed by atoms with van der Waals surface area (Å²) < 4.78 is 34.3. The summed E-state index contributed by atoms with van der Waals surface area (Å²) in [5, 5.41) is 9.48. The molecule has 0 heterocycles. The summed E-state index contributed by atoms with van der Waals surface area (Å²) in [6.45, 7) is 19.6. The van der Waals surface area contributed by atoms with E-state index in [1.54, 1.807) is 0 Å². The summed E-state index contributed by atoms with van der Waals surface area (Å²) in [4.78, 5) is 78.6. The van der Waals surface area contributed by atoms with E-state index in [0.717, 1.165) is 42.5 Å².